The second-order valence-electron chi connectivity index (χ2n) is 4.97. The first-order chi connectivity index (χ1) is 11.0. The molecule has 0 aliphatic heterocycles. The second-order valence-corrected chi connectivity index (χ2v) is 5.89. The predicted molar refractivity (Wildman–Crippen MR) is 93.8 cm³/mol. The highest BCUT2D eigenvalue weighted by atomic mass is 79.9. The average Bonchev–Trinajstić information content (AvgIpc) is 2.84. The van der Waals surface area contributed by atoms with Crippen LogP contribution in [0.15, 0.2) is 34.8 Å². The third-order valence-electron chi connectivity index (χ3n) is 3.41. The van der Waals surface area contributed by atoms with Crippen LogP contribution in [0.3, 0.4) is 0 Å². The zero-order valence-corrected chi connectivity index (χ0v) is 14.9. The topological polar surface area (TPSA) is 59.2 Å². The van der Waals surface area contributed by atoms with Crippen LogP contribution in [0.25, 0.3) is 6.08 Å². The standard InChI is InChI=1S/C18H18BrNO3/c1-4-7-14-15(11(3)16(20-14)18(22)23-5-2)17(21)12-8-6-9-13(19)10-12/h4,6-10,20H,5H2,1-3H3. The van der Waals surface area contributed by atoms with Gasteiger partial charge >= 0.3 is 5.97 Å². The van der Waals surface area contributed by atoms with Crippen molar-refractivity contribution in [1.29, 1.82) is 0 Å². The molecule has 2 aromatic rings. The number of ether oxygens (including phenoxy) is 1. The average molecular weight is 376 g/mol. The van der Waals surface area contributed by atoms with Gasteiger partial charge in [0.1, 0.15) is 5.69 Å². The van der Waals surface area contributed by atoms with E-state index in [0.29, 0.717) is 28.1 Å². The first-order valence-corrected chi connectivity index (χ1v) is 8.11. The number of nitrogens with one attached hydrogen (secondary N) is 1. The van der Waals surface area contributed by atoms with Crippen LogP contribution in [0.5, 0.6) is 0 Å². The maximum absolute atomic E-state index is 12.9. The number of rotatable bonds is 5. The summed E-state index contributed by atoms with van der Waals surface area (Å²) in [6, 6.07) is 7.18. The summed E-state index contributed by atoms with van der Waals surface area (Å²) in [6.45, 7) is 5.64. The van der Waals surface area contributed by atoms with Gasteiger partial charge in [-0.2, -0.15) is 0 Å². The maximum atomic E-state index is 12.9. The third kappa shape index (κ3) is 3.62. The lowest BCUT2D eigenvalue weighted by Crippen LogP contribution is -2.08. The van der Waals surface area contributed by atoms with E-state index in [2.05, 4.69) is 20.9 Å². The van der Waals surface area contributed by atoms with E-state index in [0.717, 1.165) is 4.47 Å². The van der Waals surface area contributed by atoms with Gasteiger partial charge in [0.25, 0.3) is 0 Å². The SMILES string of the molecule is CC=Cc1[nH]c(C(=O)OCC)c(C)c1C(=O)c1cccc(Br)c1. The minimum Gasteiger partial charge on any atom is -0.461 e. The molecule has 0 saturated heterocycles. The summed E-state index contributed by atoms with van der Waals surface area (Å²) in [5.74, 6) is -0.590. The summed E-state index contributed by atoms with van der Waals surface area (Å²) in [6.07, 6.45) is 3.60. The minimum atomic E-state index is -0.455. The molecule has 4 nitrogen and oxygen atoms in total. The molecule has 0 fully saturated rings. The predicted octanol–water partition coefficient (Wildman–Crippen LogP) is 4.53. The molecule has 0 radical (unpaired) electrons. The normalized spacial score (nSPS) is 11.0. The monoisotopic (exact) mass is 375 g/mol. The van der Waals surface area contributed by atoms with E-state index in [1.54, 1.807) is 38.1 Å². The molecule has 23 heavy (non-hydrogen) atoms. The highest BCUT2D eigenvalue weighted by Crippen LogP contribution is 2.25. The zero-order valence-electron chi connectivity index (χ0n) is 13.3. The zero-order chi connectivity index (χ0) is 17.0. The van der Waals surface area contributed by atoms with Gasteiger partial charge in [-0.15, -0.1) is 0 Å². The van der Waals surface area contributed by atoms with Crippen molar-refractivity contribution in [1.82, 2.24) is 4.98 Å². The molecule has 1 aromatic carbocycles. The van der Waals surface area contributed by atoms with Crippen LogP contribution in [0.2, 0.25) is 0 Å². The minimum absolute atomic E-state index is 0.135. The number of ketones is 1. The summed E-state index contributed by atoms with van der Waals surface area (Å²) in [5, 5.41) is 0. The summed E-state index contributed by atoms with van der Waals surface area (Å²) >= 11 is 3.37. The number of carbonyl (C=O) groups excluding carboxylic acids is 2. The maximum Gasteiger partial charge on any atom is 0.355 e. The number of benzene rings is 1. The van der Waals surface area contributed by atoms with Crippen molar-refractivity contribution < 1.29 is 14.3 Å². The molecular formula is C18H18BrNO3. The van der Waals surface area contributed by atoms with Gasteiger partial charge in [-0.25, -0.2) is 4.79 Å². The summed E-state index contributed by atoms with van der Waals surface area (Å²) in [4.78, 5) is 27.9. The van der Waals surface area contributed by atoms with E-state index < -0.39 is 5.97 Å². The molecule has 1 aromatic heterocycles. The Morgan fingerprint density at radius 1 is 1.35 bits per heavy atom. The lowest BCUT2D eigenvalue weighted by molar-refractivity contribution is 0.0519. The molecule has 2 rings (SSSR count). The van der Waals surface area contributed by atoms with Gasteiger partial charge in [0.15, 0.2) is 5.78 Å². The molecule has 0 atom stereocenters. The number of allylic oxidation sites excluding steroid dienone is 1. The number of hydrogen-bond donors (Lipinski definition) is 1. The van der Waals surface area contributed by atoms with Crippen molar-refractivity contribution in [3.63, 3.8) is 0 Å². The van der Waals surface area contributed by atoms with Crippen molar-refractivity contribution in [2.75, 3.05) is 6.61 Å². The molecule has 0 saturated carbocycles. The Balaban J connectivity index is 2.56. The van der Waals surface area contributed by atoms with Crippen molar-refractivity contribution in [3.05, 3.63) is 62.9 Å². The number of carbonyl (C=O) groups is 2. The molecular weight excluding hydrogens is 358 g/mol. The Morgan fingerprint density at radius 3 is 2.70 bits per heavy atom. The van der Waals surface area contributed by atoms with Crippen LogP contribution >= 0.6 is 15.9 Å². The highest BCUT2D eigenvalue weighted by molar-refractivity contribution is 9.10. The van der Waals surface area contributed by atoms with Crippen LogP contribution in [-0.4, -0.2) is 23.3 Å². The molecule has 5 heteroatoms. The van der Waals surface area contributed by atoms with Crippen LogP contribution in [0, 0.1) is 6.92 Å². The molecule has 120 valence electrons. The summed E-state index contributed by atoms with van der Waals surface area (Å²) in [5.41, 5.74) is 2.57. The van der Waals surface area contributed by atoms with E-state index in [1.807, 2.05) is 19.1 Å². The molecule has 1 N–H and O–H groups in total. The van der Waals surface area contributed by atoms with Crippen LogP contribution in [-0.2, 0) is 4.74 Å². The third-order valence-corrected chi connectivity index (χ3v) is 3.90. The van der Waals surface area contributed by atoms with E-state index in [-0.39, 0.29) is 12.4 Å². The van der Waals surface area contributed by atoms with Crippen LogP contribution in [0.1, 0.15) is 51.5 Å². The fourth-order valence-corrected chi connectivity index (χ4v) is 2.78. The highest BCUT2D eigenvalue weighted by Gasteiger charge is 2.24. The number of halogens is 1. The van der Waals surface area contributed by atoms with Gasteiger partial charge in [-0.05, 0) is 44.5 Å². The fourth-order valence-electron chi connectivity index (χ4n) is 2.38. The lowest BCUT2D eigenvalue weighted by Gasteiger charge is -2.04. The van der Waals surface area contributed by atoms with E-state index in [9.17, 15) is 9.59 Å². The van der Waals surface area contributed by atoms with Gasteiger partial charge in [0.05, 0.1) is 12.2 Å². The molecule has 0 unspecified atom stereocenters. The van der Waals surface area contributed by atoms with Crippen molar-refractivity contribution in [3.8, 4) is 0 Å². The van der Waals surface area contributed by atoms with E-state index in [4.69, 9.17) is 4.74 Å². The van der Waals surface area contributed by atoms with Crippen molar-refractivity contribution >= 4 is 33.8 Å². The van der Waals surface area contributed by atoms with Crippen LogP contribution < -0.4 is 0 Å². The van der Waals surface area contributed by atoms with Gasteiger partial charge in [0, 0.05) is 15.7 Å². The molecule has 0 spiro atoms. The smallest absolute Gasteiger partial charge is 0.355 e. The number of hydrogen-bond acceptors (Lipinski definition) is 3. The second kappa shape index (κ2) is 7.42. The first-order valence-electron chi connectivity index (χ1n) is 7.32. The first kappa shape index (κ1) is 17.2. The number of aromatic amines is 1. The molecule has 0 amide bonds. The Kier molecular flexibility index (Phi) is 5.55. The largest absolute Gasteiger partial charge is 0.461 e. The Morgan fingerprint density at radius 2 is 2.09 bits per heavy atom. The molecule has 0 aliphatic rings. The van der Waals surface area contributed by atoms with Gasteiger partial charge in [-0.1, -0.05) is 34.1 Å². The Hall–Kier alpha value is -2.14. The van der Waals surface area contributed by atoms with Crippen molar-refractivity contribution in [2.45, 2.75) is 20.8 Å². The van der Waals surface area contributed by atoms with Gasteiger partial charge < -0.3 is 9.72 Å². The molecule has 0 aliphatic carbocycles. The number of aromatic nitrogens is 1. The van der Waals surface area contributed by atoms with Crippen molar-refractivity contribution in [2.24, 2.45) is 0 Å². The number of H-pyrrole nitrogens is 1. The van der Waals surface area contributed by atoms with Crippen LogP contribution in [0.4, 0.5) is 0 Å². The summed E-state index contributed by atoms with van der Waals surface area (Å²) in [7, 11) is 0. The number of esters is 1. The van der Waals surface area contributed by atoms with E-state index in [1.165, 1.54) is 0 Å². The van der Waals surface area contributed by atoms with E-state index >= 15 is 0 Å². The van der Waals surface area contributed by atoms with Gasteiger partial charge in [0.2, 0.25) is 0 Å². The van der Waals surface area contributed by atoms with Gasteiger partial charge in [-0.3, -0.25) is 4.79 Å². The quantitative estimate of drug-likeness (QED) is 0.616. The fraction of sp³-hybridized carbons (Fsp3) is 0.222. The Bertz CT molecular complexity index is 775. The molecule has 1 heterocycles. The molecule has 0 bridgehead atoms. The summed E-state index contributed by atoms with van der Waals surface area (Å²) < 4.78 is 5.88. The lowest BCUT2D eigenvalue weighted by atomic mass is 9.99. The Labute approximate surface area is 143 Å².